The zero-order valence-electron chi connectivity index (χ0n) is 12.4. The molecule has 21 heavy (non-hydrogen) atoms. The Morgan fingerprint density at radius 2 is 2.00 bits per heavy atom. The van der Waals surface area contributed by atoms with Gasteiger partial charge in [0.15, 0.2) is 5.69 Å². The number of aliphatic hydroxyl groups is 1. The van der Waals surface area contributed by atoms with E-state index in [4.69, 9.17) is 4.74 Å². The maximum absolute atomic E-state index is 11.7. The van der Waals surface area contributed by atoms with Gasteiger partial charge < -0.3 is 9.84 Å². The van der Waals surface area contributed by atoms with Gasteiger partial charge in [0.05, 0.1) is 25.5 Å². The lowest BCUT2D eigenvalue weighted by Crippen LogP contribution is -2.15. The number of rotatable bonds is 5. The molecular weight excluding hydrogens is 270 g/mol. The summed E-state index contributed by atoms with van der Waals surface area (Å²) in [6, 6.07) is 9.31. The van der Waals surface area contributed by atoms with Crippen molar-refractivity contribution in [2.45, 2.75) is 32.4 Å². The molecule has 1 N–H and O–H groups in total. The molecule has 1 heterocycles. The van der Waals surface area contributed by atoms with Crippen LogP contribution in [0, 0.1) is 0 Å². The molecule has 1 unspecified atom stereocenters. The van der Waals surface area contributed by atoms with E-state index in [2.05, 4.69) is 10.3 Å². The van der Waals surface area contributed by atoms with Gasteiger partial charge in [-0.05, 0) is 11.5 Å². The lowest BCUT2D eigenvalue weighted by Gasteiger charge is -2.14. The molecule has 0 amide bonds. The third kappa shape index (κ3) is 3.28. The molecule has 0 fully saturated rings. The van der Waals surface area contributed by atoms with Gasteiger partial charge in [-0.15, -0.1) is 5.10 Å². The maximum atomic E-state index is 11.7. The van der Waals surface area contributed by atoms with Gasteiger partial charge in [0.25, 0.3) is 0 Å². The summed E-state index contributed by atoms with van der Waals surface area (Å²) in [6.45, 7) is 4.12. The Kier molecular flexibility index (Phi) is 4.70. The molecule has 0 radical (unpaired) electrons. The van der Waals surface area contributed by atoms with Crippen LogP contribution in [0.4, 0.5) is 0 Å². The highest BCUT2D eigenvalue weighted by Gasteiger charge is 2.24. The number of aliphatic hydroxyl groups excluding tert-OH is 1. The first kappa shape index (κ1) is 15.2. The number of methoxy groups -OCH3 is 1. The average molecular weight is 289 g/mol. The number of hydrogen-bond donors (Lipinski definition) is 1. The van der Waals surface area contributed by atoms with Gasteiger partial charge >= 0.3 is 5.97 Å². The van der Waals surface area contributed by atoms with Crippen LogP contribution >= 0.6 is 0 Å². The number of nitrogens with zero attached hydrogens (tertiary/aromatic N) is 3. The molecule has 1 aromatic carbocycles. The third-order valence-electron chi connectivity index (χ3n) is 3.23. The number of hydrogen-bond acceptors (Lipinski definition) is 5. The highest BCUT2D eigenvalue weighted by atomic mass is 16.5. The highest BCUT2D eigenvalue weighted by Crippen LogP contribution is 2.21. The van der Waals surface area contributed by atoms with Crippen LogP contribution in [0.15, 0.2) is 30.3 Å². The molecule has 6 heteroatoms. The predicted molar refractivity (Wildman–Crippen MR) is 76.9 cm³/mol. The fraction of sp³-hybridized carbons (Fsp3) is 0.400. The lowest BCUT2D eigenvalue weighted by molar-refractivity contribution is 0.0591. The summed E-state index contributed by atoms with van der Waals surface area (Å²) in [6.07, 6.45) is -0.712. The van der Waals surface area contributed by atoms with Crippen molar-refractivity contribution in [1.29, 1.82) is 0 Å². The van der Waals surface area contributed by atoms with Crippen molar-refractivity contribution >= 4 is 5.97 Å². The monoisotopic (exact) mass is 289 g/mol. The van der Waals surface area contributed by atoms with Gasteiger partial charge in [-0.2, -0.15) is 0 Å². The quantitative estimate of drug-likeness (QED) is 0.851. The minimum Gasteiger partial charge on any atom is -0.464 e. The summed E-state index contributed by atoms with van der Waals surface area (Å²) in [5, 5.41) is 18.1. The maximum Gasteiger partial charge on any atom is 0.360 e. The fourth-order valence-electron chi connectivity index (χ4n) is 2.21. The van der Waals surface area contributed by atoms with Crippen molar-refractivity contribution in [3.63, 3.8) is 0 Å². The van der Waals surface area contributed by atoms with Crippen LogP contribution in [0.1, 0.15) is 47.6 Å². The van der Waals surface area contributed by atoms with Crippen molar-refractivity contribution in [2.24, 2.45) is 0 Å². The first-order valence-electron chi connectivity index (χ1n) is 6.79. The van der Waals surface area contributed by atoms with Crippen LogP contribution in [0.2, 0.25) is 0 Å². The number of carbonyl (C=O) groups excluding carboxylic acids is 1. The van der Waals surface area contributed by atoms with E-state index in [-0.39, 0.29) is 18.2 Å². The Labute approximate surface area is 123 Å². The molecule has 0 bridgehead atoms. The summed E-state index contributed by atoms with van der Waals surface area (Å²) in [4.78, 5) is 11.7. The van der Waals surface area contributed by atoms with Crippen molar-refractivity contribution in [2.75, 3.05) is 7.11 Å². The second kappa shape index (κ2) is 6.49. The number of carbonyl (C=O) groups is 1. The van der Waals surface area contributed by atoms with Crippen molar-refractivity contribution in [1.82, 2.24) is 15.0 Å². The summed E-state index contributed by atoms with van der Waals surface area (Å²) in [5.74, 6) is -0.476. The first-order valence-corrected chi connectivity index (χ1v) is 6.79. The Morgan fingerprint density at radius 1 is 1.33 bits per heavy atom. The van der Waals surface area contributed by atoms with Crippen LogP contribution in [-0.2, 0) is 11.3 Å². The van der Waals surface area contributed by atoms with Crippen molar-refractivity contribution in [3.05, 3.63) is 47.3 Å². The number of esters is 1. The molecule has 112 valence electrons. The smallest absolute Gasteiger partial charge is 0.360 e. The SMILES string of the molecule is COC(=O)c1nnn(CC(O)c2ccccc2)c1C(C)C. The molecule has 0 aliphatic carbocycles. The summed E-state index contributed by atoms with van der Waals surface area (Å²) >= 11 is 0. The van der Waals surface area contributed by atoms with E-state index >= 15 is 0 Å². The largest absolute Gasteiger partial charge is 0.464 e. The van der Waals surface area contributed by atoms with E-state index in [1.807, 2.05) is 44.2 Å². The van der Waals surface area contributed by atoms with E-state index in [1.54, 1.807) is 4.68 Å². The van der Waals surface area contributed by atoms with Gasteiger partial charge in [0, 0.05) is 0 Å². The van der Waals surface area contributed by atoms with Gasteiger partial charge in [-0.25, -0.2) is 9.48 Å². The molecule has 2 aromatic rings. The topological polar surface area (TPSA) is 77.2 Å². The molecule has 0 spiro atoms. The molecule has 0 saturated carbocycles. The van der Waals surface area contributed by atoms with E-state index in [0.717, 1.165) is 5.56 Å². The molecule has 1 aromatic heterocycles. The van der Waals surface area contributed by atoms with E-state index in [0.29, 0.717) is 5.69 Å². The lowest BCUT2D eigenvalue weighted by atomic mass is 10.1. The minimum atomic E-state index is -0.712. The molecule has 6 nitrogen and oxygen atoms in total. The second-order valence-corrected chi connectivity index (χ2v) is 5.08. The van der Waals surface area contributed by atoms with Crippen LogP contribution < -0.4 is 0 Å². The molecule has 0 aliphatic rings. The Morgan fingerprint density at radius 3 is 2.57 bits per heavy atom. The second-order valence-electron chi connectivity index (χ2n) is 5.08. The van der Waals surface area contributed by atoms with Gasteiger partial charge in [0.1, 0.15) is 0 Å². The van der Waals surface area contributed by atoms with Crippen LogP contribution in [0.25, 0.3) is 0 Å². The van der Waals surface area contributed by atoms with Gasteiger partial charge in [0.2, 0.25) is 0 Å². The van der Waals surface area contributed by atoms with Crippen LogP contribution in [0.3, 0.4) is 0 Å². The minimum absolute atomic E-state index is 0.0390. The number of ether oxygens (including phenoxy) is 1. The average Bonchev–Trinajstić information content (AvgIpc) is 2.91. The van der Waals surface area contributed by atoms with Gasteiger partial charge in [-0.3, -0.25) is 0 Å². The zero-order valence-corrected chi connectivity index (χ0v) is 12.4. The zero-order chi connectivity index (χ0) is 15.4. The summed E-state index contributed by atoms with van der Waals surface area (Å²) in [7, 11) is 1.31. The van der Waals surface area contributed by atoms with E-state index in [1.165, 1.54) is 7.11 Å². The summed E-state index contributed by atoms with van der Waals surface area (Å²) < 4.78 is 6.28. The van der Waals surface area contributed by atoms with E-state index in [9.17, 15) is 9.90 Å². The number of benzene rings is 1. The van der Waals surface area contributed by atoms with Gasteiger partial charge in [-0.1, -0.05) is 49.4 Å². The fourth-order valence-corrected chi connectivity index (χ4v) is 2.21. The molecule has 0 saturated heterocycles. The normalized spacial score (nSPS) is 12.4. The Balaban J connectivity index is 2.28. The third-order valence-corrected chi connectivity index (χ3v) is 3.23. The first-order chi connectivity index (χ1) is 10.0. The van der Waals surface area contributed by atoms with Crippen LogP contribution in [0.5, 0.6) is 0 Å². The molecular formula is C15H19N3O3. The van der Waals surface area contributed by atoms with Crippen LogP contribution in [-0.4, -0.2) is 33.2 Å². The molecule has 2 rings (SSSR count). The van der Waals surface area contributed by atoms with Crippen molar-refractivity contribution < 1.29 is 14.6 Å². The molecule has 1 atom stereocenters. The summed E-state index contributed by atoms with van der Waals surface area (Å²) in [5.41, 5.74) is 1.66. The Bertz CT molecular complexity index is 608. The van der Waals surface area contributed by atoms with E-state index < -0.39 is 12.1 Å². The Hall–Kier alpha value is -2.21. The van der Waals surface area contributed by atoms with Crippen molar-refractivity contribution in [3.8, 4) is 0 Å². The number of aromatic nitrogens is 3. The molecule has 0 aliphatic heterocycles. The highest BCUT2D eigenvalue weighted by molar-refractivity contribution is 5.88. The standard InChI is InChI=1S/C15H19N3O3/c1-10(2)14-13(15(20)21-3)16-17-18(14)9-12(19)11-7-5-4-6-8-11/h4-8,10,12,19H,9H2,1-3H3. The predicted octanol–water partition coefficient (Wildman–Crippen LogP) is 1.92.